The van der Waals surface area contributed by atoms with Crippen molar-refractivity contribution in [3.8, 4) is 11.3 Å². The zero-order valence-electron chi connectivity index (χ0n) is 18.9. The standard InChI is InChI=1S/C25H36N4O2/c1-3-21(30)12-8-5-9-13-22(28-25(31)20-14-16-29(2)17-15-20)24-26-18-23(27-24)19-10-6-4-7-11-19/h4,6-7,10-11,18,20,22H,3,5,8-9,12-17H2,1-2H3,(H,26,27)(H,28,31)/t22-/m0/s1. The average Bonchev–Trinajstić information content (AvgIpc) is 3.29. The lowest BCUT2D eigenvalue weighted by molar-refractivity contribution is -0.127. The van der Waals surface area contributed by atoms with Crippen LogP contribution in [-0.4, -0.2) is 46.7 Å². The van der Waals surface area contributed by atoms with E-state index in [1.165, 1.54) is 0 Å². The molecule has 1 aromatic carbocycles. The van der Waals surface area contributed by atoms with E-state index in [1.807, 2.05) is 43.5 Å². The molecule has 2 heterocycles. The molecule has 0 bridgehead atoms. The summed E-state index contributed by atoms with van der Waals surface area (Å²) >= 11 is 0. The third-order valence-electron chi connectivity index (χ3n) is 6.26. The number of Topliss-reactive ketones (excluding diaryl/α,β-unsaturated/α-hetero) is 1. The van der Waals surface area contributed by atoms with Gasteiger partial charge in [-0.05, 0) is 51.4 Å². The lowest BCUT2D eigenvalue weighted by Gasteiger charge is -2.29. The number of imidazole rings is 1. The highest BCUT2D eigenvalue weighted by Crippen LogP contribution is 2.24. The van der Waals surface area contributed by atoms with Gasteiger partial charge in [-0.15, -0.1) is 0 Å². The summed E-state index contributed by atoms with van der Waals surface area (Å²) in [6.45, 7) is 3.85. The molecule has 2 aromatic rings. The SMILES string of the molecule is CCC(=O)CCCCC[C@H](NC(=O)C1CCN(C)CC1)c1ncc(-c2ccccc2)[nH]1. The third kappa shape index (κ3) is 7.03. The summed E-state index contributed by atoms with van der Waals surface area (Å²) in [7, 11) is 2.11. The number of carbonyl (C=O) groups excluding carboxylic acids is 2. The van der Waals surface area contributed by atoms with Crippen LogP contribution >= 0.6 is 0 Å². The van der Waals surface area contributed by atoms with Crippen molar-refractivity contribution in [2.75, 3.05) is 20.1 Å². The summed E-state index contributed by atoms with van der Waals surface area (Å²) in [6, 6.07) is 9.97. The van der Waals surface area contributed by atoms with Crippen LogP contribution in [0.5, 0.6) is 0 Å². The summed E-state index contributed by atoms with van der Waals surface area (Å²) in [5.41, 5.74) is 2.04. The molecule has 2 N–H and O–H groups in total. The Morgan fingerprint density at radius 1 is 1.16 bits per heavy atom. The zero-order chi connectivity index (χ0) is 22.1. The van der Waals surface area contributed by atoms with Crippen molar-refractivity contribution >= 4 is 11.7 Å². The fourth-order valence-electron chi connectivity index (χ4n) is 4.14. The molecule has 0 spiro atoms. The maximum absolute atomic E-state index is 13.0. The molecule has 31 heavy (non-hydrogen) atoms. The molecule has 1 saturated heterocycles. The molecular weight excluding hydrogens is 388 g/mol. The Hall–Kier alpha value is -2.47. The topological polar surface area (TPSA) is 78.1 Å². The van der Waals surface area contributed by atoms with Gasteiger partial charge < -0.3 is 15.2 Å². The molecule has 3 rings (SSSR count). The Balaban J connectivity index is 1.63. The predicted octanol–water partition coefficient (Wildman–Crippen LogP) is 4.51. The number of H-pyrrole nitrogens is 1. The molecule has 168 valence electrons. The first-order valence-corrected chi connectivity index (χ1v) is 11.7. The number of carbonyl (C=O) groups is 2. The summed E-state index contributed by atoms with van der Waals surface area (Å²) in [6.07, 6.45) is 8.60. The monoisotopic (exact) mass is 424 g/mol. The number of hydrogen-bond donors (Lipinski definition) is 2. The Morgan fingerprint density at radius 3 is 2.61 bits per heavy atom. The number of unbranched alkanes of at least 4 members (excludes halogenated alkanes) is 2. The molecule has 1 atom stereocenters. The molecule has 1 aliphatic heterocycles. The average molecular weight is 425 g/mol. The Kier molecular flexibility index (Phi) is 8.83. The lowest BCUT2D eigenvalue weighted by Crippen LogP contribution is -2.40. The smallest absolute Gasteiger partial charge is 0.223 e. The van der Waals surface area contributed by atoms with Crippen LogP contribution in [0.1, 0.15) is 70.2 Å². The van der Waals surface area contributed by atoms with E-state index in [2.05, 4.69) is 27.2 Å². The van der Waals surface area contributed by atoms with Crippen molar-refractivity contribution in [2.45, 2.75) is 64.3 Å². The molecular formula is C25H36N4O2. The maximum atomic E-state index is 13.0. The molecule has 1 aromatic heterocycles. The number of aromatic nitrogens is 2. The first-order chi connectivity index (χ1) is 15.1. The van der Waals surface area contributed by atoms with E-state index in [9.17, 15) is 9.59 Å². The summed E-state index contributed by atoms with van der Waals surface area (Å²) in [5.74, 6) is 1.34. The normalized spacial score (nSPS) is 16.2. The maximum Gasteiger partial charge on any atom is 0.223 e. The van der Waals surface area contributed by atoms with Gasteiger partial charge in [0.05, 0.1) is 17.9 Å². The fraction of sp³-hybridized carbons (Fsp3) is 0.560. The second-order valence-electron chi connectivity index (χ2n) is 8.68. The molecule has 1 fully saturated rings. The molecule has 1 amide bonds. The van der Waals surface area contributed by atoms with Gasteiger partial charge >= 0.3 is 0 Å². The van der Waals surface area contributed by atoms with Gasteiger partial charge in [-0.1, -0.05) is 50.1 Å². The van der Waals surface area contributed by atoms with Crippen molar-refractivity contribution in [3.63, 3.8) is 0 Å². The van der Waals surface area contributed by atoms with Crippen LogP contribution < -0.4 is 5.32 Å². The second kappa shape index (κ2) is 11.8. The Morgan fingerprint density at radius 2 is 1.90 bits per heavy atom. The van der Waals surface area contributed by atoms with Crippen LogP contribution in [0.25, 0.3) is 11.3 Å². The van der Waals surface area contributed by atoms with Crippen LogP contribution in [-0.2, 0) is 9.59 Å². The molecule has 0 saturated carbocycles. The van der Waals surface area contributed by atoms with Gasteiger partial charge in [0.1, 0.15) is 11.6 Å². The van der Waals surface area contributed by atoms with Gasteiger partial charge in [0.15, 0.2) is 0 Å². The number of amides is 1. The highest BCUT2D eigenvalue weighted by atomic mass is 16.2. The summed E-state index contributed by atoms with van der Waals surface area (Å²) in [4.78, 5) is 34.8. The van der Waals surface area contributed by atoms with Crippen molar-refractivity contribution < 1.29 is 9.59 Å². The van der Waals surface area contributed by atoms with E-state index in [1.54, 1.807) is 0 Å². The van der Waals surface area contributed by atoms with Crippen molar-refractivity contribution in [3.05, 3.63) is 42.4 Å². The third-order valence-corrected chi connectivity index (χ3v) is 6.26. The van der Waals surface area contributed by atoms with E-state index in [0.29, 0.717) is 18.6 Å². The van der Waals surface area contributed by atoms with Crippen LogP contribution in [0.15, 0.2) is 36.5 Å². The summed E-state index contributed by atoms with van der Waals surface area (Å²) in [5, 5.41) is 3.28. The predicted molar refractivity (Wildman–Crippen MR) is 124 cm³/mol. The van der Waals surface area contributed by atoms with Crippen LogP contribution in [0.3, 0.4) is 0 Å². The summed E-state index contributed by atoms with van der Waals surface area (Å²) < 4.78 is 0. The lowest BCUT2D eigenvalue weighted by atomic mass is 9.95. The Bertz CT molecular complexity index is 825. The van der Waals surface area contributed by atoms with Gasteiger partial charge in [0, 0.05) is 18.8 Å². The molecule has 6 heteroatoms. The first kappa shape index (κ1) is 23.2. The fourth-order valence-corrected chi connectivity index (χ4v) is 4.14. The largest absolute Gasteiger partial charge is 0.346 e. The molecule has 0 unspecified atom stereocenters. The van der Waals surface area contributed by atoms with Crippen LogP contribution in [0.4, 0.5) is 0 Å². The van der Waals surface area contributed by atoms with Gasteiger partial charge in [-0.25, -0.2) is 4.98 Å². The highest BCUT2D eigenvalue weighted by molar-refractivity contribution is 5.79. The van der Waals surface area contributed by atoms with Gasteiger partial charge in [0.25, 0.3) is 0 Å². The zero-order valence-corrected chi connectivity index (χ0v) is 18.9. The van der Waals surface area contributed by atoms with Gasteiger partial charge in [-0.2, -0.15) is 0 Å². The molecule has 6 nitrogen and oxygen atoms in total. The van der Waals surface area contributed by atoms with Crippen LogP contribution in [0, 0.1) is 5.92 Å². The quantitative estimate of drug-likeness (QED) is 0.521. The number of benzene rings is 1. The van der Waals surface area contributed by atoms with Gasteiger partial charge in [0.2, 0.25) is 5.91 Å². The van der Waals surface area contributed by atoms with E-state index in [4.69, 9.17) is 0 Å². The van der Waals surface area contributed by atoms with E-state index in [0.717, 1.165) is 68.7 Å². The highest BCUT2D eigenvalue weighted by Gasteiger charge is 2.26. The number of rotatable bonds is 11. The minimum Gasteiger partial charge on any atom is -0.346 e. The van der Waals surface area contributed by atoms with Crippen LogP contribution in [0.2, 0.25) is 0 Å². The number of nitrogens with zero attached hydrogens (tertiary/aromatic N) is 2. The Labute approximate surface area is 185 Å². The van der Waals surface area contributed by atoms with E-state index in [-0.39, 0.29) is 17.9 Å². The minimum atomic E-state index is -0.133. The number of aromatic amines is 1. The number of piperidine rings is 1. The van der Waals surface area contributed by atoms with Crippen molar-refractivity contribution in [1.29, 1.82) is 0 Å². The van der Waals surface area contributed by atoms with E-state index < -0.39 is 0 Å². The number of likely N-dealkylation sites (tertiary alicyclic amines) is 1. The van der Waals surface area contributed by atoms with Crippen molar-refractivity contribution in [1.82, 2.24) is 20.2 Å². The van der Waals surface area contributed by atoms with Gasteiger partial charge in [-0.3, -0.25) is 9.59 Å². The number of nitrogens with one attached hydrogen (secondary N) is 2. The van der Waals surface area contributed by atoms with E-state index >= 15 is 0 Å². The second-order valence-corrected chi connectivity index (χ2v) is 8.68. The van der Waals surface area contributed by atoms with Crippen molar-refractivity contribution in [2.24, 2.45) is 5.92 Å². The molecule has 1 aliphatic rings. The number of ketones is 1. The first-order valence-electron chi connectivity index (χ1n) is 11.7. The minimum absolute atomic E-state index is 0.0735. The number of hydrogen-bond acceptors (Lipinski definition) is 4. The molecule has 0 radical (unpaired) electrons. The molecule has 0 aliphatic carbocycles.